The second-order valence-electron chi connectivity index (χ2n) is 5.76. The van der Waals surface area contributed by atoms with E-state index in [1.54, 1.807) is 0 Å². The fourth-order valence-electron chi connectivity index (χ4n) is 3.00. The van der Waals surface area contributed by atoms with Crippen LogP contribution in [-0.2, 0) is 0 Å². The Morgan fingerprint density at radius 3 is 2.72 bits per heavy atom. The number of halogens is 1. The number of anilines is 1. The molecule has 1 fully saturated rings. The molecule has 0 bridgehead atoms. The summed E-state index contributed by atoms with van der Waals surface area (Å²) in [7, 11) is 0. The zero-order chi connectivity index (χ0) is 13.1. The number of hydrogen-bond acceptors (Lipinski definition) is 2. The fraction of sp³-hybridized carbons (Fsp3) is 0.667. The van der Waals surface area contributed by atoms with Gasteiger partial charge in [-0.05, 0) is 59.2 Å². The summed E-state index contributed by atoms with van der Waals surface area (Å²) in [6.45, 7) is 6.80. The summed E-state index contributed by atoms with van der Waals surface area (Å²) in [6.07, 6.45) is 7.23. The predicted molar refractivity (Wildman–Crippen MR) is 80.9 cm³/mol. The molecule has 2 atom stereocenters. The molecule has 2 rings (SSSR count). The van der Waals surface area contributed by atoms with Crippen LogP contribution in [0.5, 0.6) is 0 Å². The third-order valence-electron chi connectivity index (χ3n) is 4.04. The topological polar surface area (TPSA) is 24.9 Å². The van der Waals surface area contributed by atoms with Crippen molar-refractivity contribution in [3.8, 4) is 0 Å². The minimum Gasteiger partial charge on any atom is -0.367 e. The molecule has 1 saturated carbocycles. The van der Waals surface area contributed by atoms with Gasteiger partial charge < -0.3 is 5.32 Å². The van der Waals surface area contributed by atoms with Crippen LogP contribution >= 0.6 is 15.9 Å². The molecular weight excluding hydrogens is 288 g/mol. The standard InChI is InChI=1S/C15H23BrN2/c1-10(2)13-6-4-5-7-14(13)18-15-11(3)8-12(16)9-17-15/h8-10,13-14H,4-7H2,1-3H3,(H,17,18). The van der Waals surface area contributed by atoms with E-state index in [9.17, 15) is 0 Å². The van der Waals surface area contributed by atoms with Crippen LogP contribution in [0.1, 0.15) is 45.1 Å². The van der Waals surface area contributed by atoms with Gasteiger partial charge in [-0.3, -0.25) is 0 Å². The maximum absolute atomic E-state index is 4.51. The van der Waals surface area contributed by atoms with E-state index in [0.29, 0.717) is 6.04 Å². The highest BCUT2D eigenvalue weighted by Gasteiger charge is 2.27. The molecule has 1 aromatic rings. The zero-order valence-corrected chi connectivity index (χ0v) is 13.1. The molecule has 2 unspecified atom stereocenters. The second kappa shape index (κ2) is 6.05. The molecule has 0 amide bonds. The number of pyridine rings is 1. The van der Waals surface area contributed by atoms with Crippen LogP contribution in [0.3, 0.4) is 0 Å². The summed E-state index contributed by atoms with van der Waals surface area (Å²) in [5.74, 6) is 2.58. The first-order valence-corrected chi connectivity index (χ1v) is 7.76. The number of rotatable bonds is 3. The van der Waals surface area contributed by atoms with Gasteiger partial charge in [0.25, 0.3) is 0 Å². The minimum absolute atomic E-state index is 0.589. The molecule has 0 aliphatic heterocycles. The smallest absolute Gasteiger partial charge is 0.129 e. The Bertz CT molecular complexity index is 403. The molecular formula is C15H23BrN2. The van der Waals surface area contributed by atoms with Crippen molar-refractivity contribution in [1.29, 1.82) is 0 Å². The van der Waals surface area contributed by atoms with E-state index in [1.807, 2.05) is 6.20 Å². The molecule has 0 aromatic carbocycles. The Kier molecular flexibility index (Phi) is 4.66. The first-order valence-electron chi connectivity index (χ1n) is 6.96. The van der Waals surface area contributed by atoms with E-state index in [-0.39, 0.29) is 0 Å². The van der Waals surface area contributed by atoms with Gasteiger partial charge in [0.1, 0.15) is 5.82 Å². The molecule has 18 heavy (non-hydrogen) atoms. The summed E-state index contributed by atoms with van der Waals surface area (Å²) in [5.41, 5.74) is 1.22. The highest BCUT2D eigenvalue weighted by Crippen LogP contribution is 2.32. The van der Waals surface area contributed by atoms with Crippen molar-refractivity contribution in [2.75, 3.05) is 5.32 Å². The number of nitrogens with zero attached hydrogens (tertiary/aromatic N) is 1. The van der Waals surface area contributed by atoms with Crippen molar-refractivity contribution in [2.45, 2.75) is 52.5 Å². The lowest BCUT2D eigenvalue weighted by atomic mass is 9.78. The molecule has 2 nitrogen and oxygen atoms in total. The van der Waals surface area contributed by atoms with Crippen molar-refractivity contribution < 1.29 is 0 Å². The van der Waals surface area contributed by atoms with E-state index in [4.69, 9.17) is 0 Å². The summed E-state index contributed by atoms with van der Waals surface area (Å²) in [5, 5.41) is 3.68. The normalized spacial score (nSPS) is 24.3. The molecule has 0 spiro atoms. The highest BCUT2D eigenvalue weighted by atomic mass is 79.9. The lowest BCUT2D eigenvalue weighted by Crippen LogP contribution is -2.35. The summed E-state index contributed by atoms with van der Waals surface area (Å²) in [6, 6.07) is 2.72. The van der Waals surface area contributed by atoms with Crippen LogP contribution in [0.4, 0.5) is 5.82 Å². The Balaban J connectivity index is 2.11. The van der Waals surface area contributed by atoms with Crippen molar-refractivity contribution in [3.63, 3.8) is 0 Å². The first kappa shape index (κ1) is 13.9. The Morgan fingerprint density at radius 2 is 2.06 bits per heavy atom. The summed E-state index contributed by atoms with van der Waals surface area (Å²) >= 11 is 3.47. The van der Waals surface area contributed by atoms with Gasteiger partial charge in [0.2, 0.25) is 0 Å². The third kappa shape index (κ3) is 3.25. The van der Waals surface area contributed by atoms with E-state index in [1.165, 1.54) is 31.2 Å². The molecule has 1 aliphatic carbocycles. The average molecular weight is 311 g/mol. The van der Waals surface area contributed by atoms with Gasteiger partial charge in [0.15, 0.2) is 0 Å². The second-order valence-corrected chi connectivity index (χ2v) is 6.68. The average Bonchev–Trinajstić information content (AvgIpc) is 2.33. The van der Waals surface area contributed by atoms with Gasteiger partial charge in [0, 0.05) is 16.7 Å². The van der Waals surface area contributed by atoms with E-state index < -0.39 is 0 Å². The van der Waals surface area contributed by atoms with Crippen molar-refractivity contribution >= 4 is 21.7 Å². The first-order chi connectivity index (χ1) is 8.58. The molecule has 1 heterocycles. The largest absolute Gasteiger partial charge is 0.367 e. The molecule has 0 saturated heterocycles. The van der Waals surface area contributed by atoms with E-state index in [0.717, 1.165) is 22.1 Å². The van der Waals surface area contributed by atoms with Crippen molar-refractivity contribution in [3.05, 3.63) is 22.3 Å². The van der Waals surface area contributed by atoms with Gasteiger partial charge in [-0.25, -0.2) is 4.98 Å². The summed E-state index contributed by atoms with van der Waals surface area (Å²) in [4.78, 5) is 4.51. The van der Waals surface area contributed by atoms with Crippen LogP contribution in [0, 0.1) is 18.8 Å². The van der Waals surface area contributed by atoms with Crippen LogP contribution in [0.25, 0.3) is 0 Å². The number of hydrogen-bond donors (Lipinski definition) is 1. The summed E-state index contributed by atoms with van der Waals surface area (Å²) < 4.78 is 1.05. The minimum atomic E-state index is 0.589. The highest BCUT2D eigenvalue weighted by molar-refractivity contribution is 9.10. The van der Waals surface area contributed by atoms with Crippen molar-refractivity contribution in [1.82, 2.24) is 4.98 Å². The van der Waals surface area contributed by atoms with Crippen LogP contribution in [0.15, 0.2) is 16.7 Å². The molecule has 1 aromatic heterocycles. The maximum Gasteiger partial charge on any atom is 0.129 e. The van der Waals surface area contributed by atoms with Gasteiger partial charge in [-0.1, -0.05) is 26.7 Å². The van der Waals surface area contributed by atoms with Crippen molar-refractivity contribution in [2.24, 2.45) is 11.8 Å². The van der Waals surface area contributed by atoms with Crippen LogP contribution < -0.4 is 5.32 Å². The molecule has 3 heteroatoms. The molecule has 0 radical (unpaired) electrons. The number of aryl methyl sites for hydroxylation is 1. The Morgan fingerprint density at radius 1 is 1.33 bits per heavy atom. The van der Waals surface area contributed by atoms with Gasteiger partial charge in [0.05, 0.1) is 0 Å². The fourth-order valence-corrected chi connectivity index (χ4v) is 3.45. The lowest BCUT2D eigenvalue weighted by Gasteiger charge is -2.35. The van der Waals surface area contributed by atoms with Gasteiger partial charge in [-0.15, -0.1) is 0 Å². The zero-order valence-electron chi connectivity index (χ0n) is 11.5. The van der Waals surface area contributed by atoms with Crippen LogP contribution in [0.2, 0.25) is 0 Å². The number of nitrogens with one attached hydrogen (secondary N) is 1. The molecule has 1 aliphatic rings. The van der Waals surface area contributed by atoms with E-state index in [2.05, 4.69) is 53.1 Å². The Labute approximate surface area is 119 Å². The Hall–Kier alpha value is -0.570. The number of aromatic nitrogens is 1. The third-order valence-corrected chi connectivity index (χ3v) is 4.48. The SMILES string of the molecule is Cc1cc(Br)cnc1NC1CCCCC1C(C)C. The van der Waals surface area contributed by atoms with Gasteiger partial charge >= 0.3 is 0 Å². The van der Waals surface area contributed by atoms with Crippen LogP contribution in [-0.4, -0.2) is 11.0 Å². The monoisotopic (exact) mass is 310 g/mol. The van der Waals surface area contributed by atoms with Gasteiger partial charge in [-0.2, -0.15) is 0 Å². The maximum atomic E-state index is 4.51. The lowest BCUT2D eigenvalue weighted by molar-refractivity contribution is 0.253. The molecule has 100 valence electrons. The quantitative estimate of drug-likeness (QED) is 0.869. The predicted octanol–water partition coefficient (Wildman–Crippen LogP) is 4.78. The van der Waals surface area contributed by atoms with E-state index >= 15 is 0 Å². The molecule has 1 N–H and O–H groups in total.